The van der Waals surface area contributed by atoms with Crippen LogP contribution in [0.4, 0.5) is 0 Å². The maximum absolute atomic E-state index is 2.36. The molecule has 1 atom stereocenters. The molecule has 0 bridgehead atoms. The Morgan fingerprint density at radius 1 is 0.917 bits per heavy atom. The minimum atomic E-state index is 0. The number of hydrogen-bond donors (Lipinski definition) is 0. The second kappa shape index (κ2) is 9.09. The van der Waals surface area contributed by atoms with Gasteiger partial charge in [0.15, 0.2) is 0 Å². The Bertz CT molecular complexity index is 74.1. The first-order valence-corrected chi connectivity index (χ1v) is 5.22. The fourth-order valence-corrected chi connectivity index (χ4v) is 1.65. The van der Waals surface area contributed by atoms with Gasteiger partial charge in [0.25, 0.3) is 0 Å². The molecule has 0 nitrogen and oxygen atoms in total. The van der Waals surface area contributed by atoms with E-state index in [0.29, 0.717) is 0 Å². The molecule has 0 heteroatoms. The van der Waals surface area contributed by atoms with Gasteiger partial charge in [0.05, 0.1) is 0 Å². The molecule has 12 heavy (non-hydrogen) atoms. The summed E-state index contributed by atoms with van der Waals surface area (Å²) in [5.41, 5.74) is 0. The quantitative estimate of drug-likeness (QED) is 0.535. The summed E-state index contributed by atoms with van der Waals surface area (Å²) in [5.74, 6) is 1.88. The minimum absolute atomic E-state index is 0. The topological polar surface area (TPSA) is 0 Å². The van der Waals surface area contributed by atoms with Gasteiger partial charge in [-0.15, -0.1) is 0 Å². The summed E-state index contributed by atoms with van der Waals surface area (Å²) >= 11 is 0. The van der Waals surface area contributed by atoms with Gasteiger partial charge in [0.2, 0.25) is 0 Å². The molecule has 0 saturated carbocycles. The van der Waals surface area contributed by atoms with Crippen LogP contribution in [-0.2, 0) is 0 Å². The fraction of sp³-hybridized carbons (Fsp3) is 1.00. The summed E-state index contributed by atoms with van der Waals surface area (Å²) in [6.07, 6.45) is 7.00. The molecule has 0 saturated heterocycles. The van der Waals surface area contributed by atoms with Crippen molar-refractivity contribution in [3.05, 3.63) is 0 Å². The van der Waals surface area contributed by atoms with Crippen LogP contribution in [0.5, 0.6) is 0 Å². The van der Waals surface area contributed by atoms with E-state index in [1.165, 1.54) is 32.1 Å². The van der Waals surface area contributed by atoms with Crippen LogP contribution in [0.3, 0.4) is 0 Å². The monoisotopic (exact) mass is 172 g/mol. The zero-order valence-corrected chi connectivity index (χ0v) is 8.69. The third-order valence-electron chi connectivity index (χ3n) is 2.53. The average Bonchev–Trinajstić information content (AvgIpc) is 1.97. The van der Waals surface area contributed by atoms with Crippen LogP contribution < -0.4 is 0 Å². The SMILES string of the molecule is C.CCCCC(CCC)C(C)C. The Morgan fingerprint density at radius 3 is 1.83 bits per heavy atom. The number of hydrogen-bond acceptors (Lipinski definition) is 0. The van der Waals surface area contributed by atoms with Crippen LogP contribution in [0, 0.1) is 11.8 Å². The maximum atomic E-state index is 2.36. The van der Waals surface area contributed by atoms with Crippen LogP contribution in [0.2, 0.25) is 0 Å². The van der Waals surface area contributed by atoms with Crippen LogP contribution in [0.15, 0.2) is 0 Å². The lowest BCUT2D eigenvalue weighted by Gasteiger charge is -2.19. The highest BCUT2D eigenvalue weighted by molar-refractivity contribution is 4.62. The maximum Gasteiger partial charge on any atom is -0.0391 e. The number of unbranched alkanes of at least 4 members (excludes halogenated alkanes) is 1. The standard InChI is InChI=1S/C11H24.CH4/c1-5-7-9-11(8-6-2)10(3)4;/h10-11H,5-9H2,1-4H3;1H4. The summed E-state index contributed by atoms with van der Waals surface area (Å²) < 4.78 is 0. The highest BCUT2D eigenvalue weighted by Gasteiger charge is 2.10. The van der Waals surface area contributed by atoms with Crippen molar-refractivity contribution in [2.24, 2.45) is 11.8 Å². The molecule has 0 aromatic heterocycles. The van der Waals surface area contributed by atoms with E-state index in [-0.39, 0.29) is 7.43 Å². The van der Waals surface area contributed by atoms with E-state index in [2.05, 4.69) is 27.7 Å². The van der Waals surface area contributed by atoms with Crippen molar-refractivity contribution in [3.63, 3.8) is 0 Å². The van der Waals surface area contributed by atoms with Crippen molar-refractivity contribution >= 4 is 0 Å². The number of rotatable bonds is 6. The van der Waals surface area contributed by atoms with E-state index in [9.17, 15) is 0 Å². The van der Waals surface area contributed by atoms with Crippen molar-refractivity contribution in [2.45, 2.75) is 67.2 Å². The predicted molar refractivity (Wildman–Crippen MR) is 59.5 cm³/mol. The first-order valence-electron chi connectivity index (χ1n) is 5.22. The van der Waals surface area contributed by atoms with Gasteiger partial charge in [0.1, 0.15) is 0 Å². The zero-order chi connectivity index (χ0) is 8.69. The zero-order valence-electron chi connectivity index (χ0n) is 8.69. The summed E-state index contributed by atoms with van der Waals surface area (Å²) in [5, 5.41) is 0. The average molecular weight is 172 g/mol. The first kappa shape index (κ1) is 14.5. The van der Waals surface area contributed by atoms with Crippen molar-refractivity contribution in [3.8, 4) is 0 Å². The molecular formula is C12H28. The van der Waals surface area contributed by atoms with Gasteiger partial charge < -0.3 is 0 Å². The second-order valence-electron chi connectivity index (χ2n) is 3.94. The van der Waals surface area contributed by atoms with Crippen molar-refractivity contribution in [1.82, 2.24) is 0 Å². The van der Waals surface area contributed by atoms with Crippen molar-refractivity contribution in [1.29, 1.82) is 0 Å². The van der Waals surface area contributed by atoms with Gasteiger partial charge >= 0.3 is 0 Å². The molecule has 0 aliphatic rings. The highest BCUT2D eigenvalue weighted by atomic mass is 14.2. The van der Waals surface area contributed by atoms with Gasteiger partial charge in [-0.3, -0.25) is 0 Å². The molecule has 0 amide bonds. The second-order valence-corrected chi connectivity index (χ2v) is 3.94. The molecule has 0 fully saturated rings. The molecule has 0 heterocycles. The molecule has 0 rings (SSSR count). The normalized spacial score (nSPS) is 12.8. The summed E-state index contributed by atoms with van der Waals surface area (Å²) in [4.78, 5) is 0. The summed E-state index contributed by atoms with van der Waals surface area (Å²) in [6.45, 7) is 9.29. The molecule has 0 N–H and O–H groups in total. The van der Waals surface area contributed by atoms with Gasteiger partial charge in [-0.25, -0.2) is 0 Å². The van der Waals surface area contributed by atoms with Crippen LogP contribution in [0.25, 0.3) is 0 Å². The molecule has 0 radical (unpaired) electrons. The van der Waals surface area contributed by atoms with Crippen molar-refractivity contribution in [2.75, 3.05) is 0 Å². The van der Waals surface area contributed by atoms with Crippen LogP contribution in [-0.4, -0.2) is 0 Å². The molecule has 0 aliphatic heterocycles. The van der Waals surface area contributed by atoms with Crippen molar-refractivity contribution < 1.29 is 0 Å². The Morgan fingerprint density at radius 2 is 1.50 bits per heavy atom. The lowest BCUT2D eigenvalue weighted by molar-refractivity contribution is 0.325. The molecule has 0 aromatic rings. The molecular weight excluding hydrogens is 144 g/mol. The summed E-state index contributed by atoms with van der Waals surface area (Å²) in [7, 11) is 0. The van der Waals surface area contributed by atoms with E-state index in [4.69, 9.17) is 0 Å². The van der Waals surface area contributed by atoms with Gasteiger partial charge in [-0.05, 0) is 11.8 Å². The Labute approximate surface area is 79.8 Å². The third-order valence-corrected chi connectivity index (χ3v) is 2.53. The van der Waals surface area contributed by atoms with E-state index in [1.54, 1.807) is 0 Å². The van der Waals surface area contributed by atoms with E-state index >= 15 is 0 Å². The highest BCUT2D eigenvalue weighted by Crippen LogP contribution is 2.22. The van der Waals surface area contributed by atoms with Gasteiger partial charge in [0, 0.05) is 0 Å². The third kappa shape index (κ3) is 6.69. The Kier molecular flexibility index (Phi) is 11.0. The first-order chi connectivity index (χ1) is 5.22. The van der Waals surface area contributed by atoms with Gasteiger partial charge in [-0.2, -0.15) is 0 Å². The lowest BCUT2D eigenvalue weighted by atomic mass is 9.87. The largest absolute Gasteiger partial charge is 0.0776 e. The molecule has 0 aliphatic carbocycles. The van der Waals surface area contributed by atoms with E-state index in [1.807, 2.05) is 0 Å². The van der Waals surface area contributed by atoms with Gasteiger partial charge in [-0.1, -0.05) is 67.2 Å². The lowest BCUT2D eigenvalue weighted by Crippen LogP contribution is -2.07. The Balaban J connectivity index is 0. The summed E-state index contributed by atoms with van der Waals surface area (Å²) in [6, 6.07) is 0. The van der Waals surface area contributed by atoms with Crippen LogP contribution in [0.1, 0.15) is 67.2 Å². The molecule has 76 valence electrons. The molecule has 0 aromatic carbocycles. The molecule has 1 unspecified atom stereocenters. The minimum Gasteiger partial charge on any atom is -0.0776 e. The van der Waals surface area contributed by atoms with E-state index in [0.717, 1.165) is 11.8 Å². The predicted octanol–water partition coefficient (Wildman–Crippen LogP) is 4.89. The van der Waals surface area contributed by atoms with E-state index < -0.39 is 0 Å². The fourth-order valence-electron chi connectivity index (χ4n) is 1.65. The Hall–Kier alpha value is 0. The van der Waals surface area contributed by atoms with Crippen LogP contribution >= 0.6 is 0 Å². The molecule has 0 spiro atoms. The smallest absolute Gasteiger partial charge is 0.0391 e.